The number of hydrogen-bond donors (Lipinski definition) is 1. The molecule has 0 aliphatic heterocycles. The number of alkyl halides is 3. The van der Waals surface area contributed by atoms with Crippen molar-refractivity contribution < 1.29 is 27.5 Å². The third-order valence-electron chi connectivity index (χ3n) is 4.27. The number of ether oxygens (including phenoxy) is 1. The zero-order valence-corrected chi connectivity index (χ0v) is 17.4. The molecule has 3 aromatic rings. The van der Waals surface area contributed by atoms with Crippen LogP contribution in [0.3, 0.4) is 0 Å². The number of carbonyl (C=O) groups is 2. The summed E-state index contributed by atoms with van der Waals surface area (Å²) in [5.41, 5.74) is -1.51. The van der Waals surface area contributed by atoms with Crippen molar-refractivity contribution in [2.75, 3.05) is 6.54 Å². The quantitative estimate of drug-likeness (QED) is 0.633. The van der Waals surface area contributed by atoms with E-state index in [4.69, 9.17) is 4.74 Å². The first-order valence-electron chi connectivity index (χ1n) is 9.36. The van der Waals surface area contributed by atoms with Crippen molar-refractivity contribution in [2.24, 2.45) is 7.05 Å². The number of halogens is 3. The molecule has 1 N–H and O–H groups in total. The molecule has 164 valence electrons. The minimum atomic E-state index is -4.60. The predicted molar refractivity (Wildman–Crippen MR) is 107 cm³/mol. The van der Waals surface area contributed by atoms with Gasteiger partial charge in [-0.3, -0.25) is 14.3 Å². The highest BCUT2D eigenvalue weighted by Gasteiger charge is 2.34. The lowest BCUT2D eigenvalue weighted by Gasteiger charge is -2.19. The molecule has 1 amide bonds. The molecule has 3 rings (SSSR count). The molecular formula is C21H21F3N4O3. The van der Waals surface area contributed by atoms with E-state index < -0.39 is 35.8 Å². The molecule has 0 aliphatic rings. The number of fused-ring (bicyclic) bond motifs is 1. The van der Waals surface area contributed by atoms with Crippen LogP contribution in [0.2, 0.25) is 0 Å². The Labute approximate surface area is 176 Å². The maximum atomic E-state index is 13.5. The number of rotatable bonds is 4. The van der Waals surface area contributed by atoms with E-state index in [9.17, 15) is 22.8 Å². The number of carbonyl (C=O) groups excluding carboxylic acids is 2. The number of nitrogens with zero attached hydrogens (tertiary/aromatic N) is 3. The molecule has 0 unspecified atom stereocenters. The van der Waals surface area contributed by atoms with Gasteiger partial charge in [0, 0.05) is 12.6 Å². The second-order valence-electron chi connectivity index (χ2n) is 7.87. The van der Waals surface area contributed by atoms with Gasteiger partial charge in [-0.15, -0.1) is 0 Å². The van der Waals surface area contributed by atoms with Gasteiger partial charge in [-0.25, -0.2) is 4.98 Å². The molecule has 10 heteroatoms. The summed E-state index contributed by atoms with van der Waals surface area (Å²) in [5.74, 6) is -1.29. The van der Waals surface area contributed by atoms with Crippen molar-refractivity contribution >= 4 is 22.9 Å². The number of nitrogens with one attached hydrogen (secondary N) is 1. The summed E-state index contributed by atoms with van der Waals surface area (Å²) in [5, 5.41) is 6.84. The molecule has 0 spiro atoms. The largest absolute Gasteiger partial charge is 0.459 e. The molecule has 0 fully saturated rings. The van der Waals surface area contributed by atoms with Gasteiger partial charge in [0.15, 0.2) is 5.65 Å². The van der Waals surface area contributed by atoms with Crippen LogP contribution in [-0.2, 0) is 22.8 Å². The molecule has 0 saturated heterocycles. The van der Waals surface area contributed by atoms with Crippen molar-refractivity contribution in [3.63, 3.8) is 0 Å². The monoisotopic (exact) mass is 434 g/mol. The summed E-state index contributed by atoms with van der Waals surface area (Å²) < 4.78 is 47.0. The van der Waals surface area contributed by atoms with Crippen LogP contribution in [0.5, 0.6) is 0 Å². The first kappa shape index (κ1) is 22.3. The summed E-state index contributed by atoms with van der Waals surface area (Å²) in [4.78, 5) is 29.0. The second kappa shape index (κ2) is 8.01. The Morgan fingerprint density at radius 3 is 2.48 bits per heavy atom. The van der Waals surface area contributed by atoms with Crippen molar-refractivity contribution in [2.45, 2.75) is 32.5 Å². The van der Waals surface area contributed by atoms with Gasteiger partial charge >= 0.3 is 12.1 Å². The van der Waals surface area contributed by atoms with E-state index in [0.29, 0.717) is 5.39 Å². The Hall–Kier alpha value is -3.43. The zero-order valence-electron chi connectivity index (χ0n) is 17.4. The van der Waals surface area contributed by atoms with Gasteiger partial charge in [0.05, 0.1) is 28.4 Å². The second-order valence-corrected chi connectivity index (χ2v) is 7.87. The molecule has 7 nitrogen and oxygen atoms in total. The van der Waals surface area contributed by atoms with E-state index >= 15 is 0 Å². The van der Waals surface area contributed by atoms with Crippen LogP contribution in [0.4, 0.5) is 13.2 Å². The normalized spacial score (nSPS) is 12.1. The first-order valence-corrected chi connectivity index (χ1v) is 9.36. The first-order chi connectivity index (χ1) is 14.4. The average molecular weight is 434 g/mol. The number of pyridine rings is 1. The van der Waals surface area contributed by atoms with E-state index in [1.54, 1.807) is 27.8 Å². The highest BCUT2D eigenvalue weighted by atomic mass is 19.4. The molecule has 1 aromatic carbocycles. The van der Waals surface area contributed by atoms with Gasteiger partial charge in [-0.2, -0.15) is 18.3 Å². The van der Waals surface area contributed by atoms with Crippen LogP contribution >= 0.6 is 0 Å². The van der Waals surface area contributed by atoms with Gasteiger partial charge in [0.2, 0.25) is 0 Å². The lowest BCUT2D eigenvalue weighted by atomic mass is 10.0. The number of aryl methyl sites for hydroxylation is 1. The van der Waals surface area contributed by atoms with Crippen molar-refractivity contribution in [1.82, 2.24) is 20.1 Å². The van der Waals surface area contributed by atoms with Crippen LogP contribution in [0.1, 0.15) is 36.7 Å². The number of amides is 1. The van der Waals surface area contributed by atoms with E-state index in [0.717, 1.165) is 6.07 Å². The zero-order chi connectivity index (χ0) is 23.0. The van der Waals surface area contributed by atoms with Gasteiger partial charge in [0.25, 0.3) is 5.91 Å². The molecule has 0 radical (unpaired) electrons. The number of esters is 1. The van der Waals surface area contributed by atoms with E-state index in [2.05, 4.69) is 15.4 Å². The van der Waals surface area contributed by atoms with E-state index in [-0.39, 0.29) is 22.5 Å². The maximum Gasteiger partial charge on any atom is 0.417 e. The lowest BCUT2D eigenvalue weighted by Crippen LogP contribution is -2.34. The summed E-state index contributed by atoms with van der Waals surface area (Å²) in [6, 6.07) is 6.24. The molecule has 2 aromatic heterocycles. The maximum absolute atomic E-state index is 13.5. The van der Waals surface area contributed by atoms with Crippen molar-refractivity contribution in [3.05, 3.63) is 47.7 Å². The molecule has 0 aliphatic carbocycles. The van der Waals surface area contributed by atoms with Gasteiger partial charge in [0.1, 0.15) is 12.1 Å². The smallest absolute Gasteiger partial charge is 0.417 e. The third-order valence-corrected chi connectivity index (χ3v) is 4.27. The number of aromatic nitrogens is 3. The molecule has 31 heavy (non-hydrogen) atoms. The Morgan fingerprint density at radius 2 is 1.84 bits per heavy atom. The van der Waals surface area contributed by atoms with Crippen LogP contribution < -0.4 is 5.32 Å². The fourth-order valence-electron chi connectivity index (χ4n) is 3.02. The number of hydrogen-bond acceptors (Lipinski definition) is 5. The van der Waals surface area contributed by atoms with Crippen LogP contribution in [-0.4, -0.2) is 38.8 Å². The van der Waals surface area contributed by atoms with Gasteiger partial charge in [-0.1, -0.05) is 18.2 Å². The van der Waals surface area contributed by atoms with Crippen LogP contribution in [0, 0.1) is 0 Å². The van der Waals surface area contributed by atoms with Crippen molar-refractivity contribution in [1.29, 1.82) is 0 Å². The summed E-state index contributed by atoms with van der Waals surface area (Å²) in [6.45, 7) is 4.69. The summed E-state index contributed by atoms with van der Waals surface area (Å²) in [7, 11) is 1.57. The fourth-order valence-corrected chi connectivity index (χ4v) is 3.02. The molecule has 0 atom stereocenters. The predicted octanol–water partition coefficient (Wildman–Crippen LogP) is 3.73. The summed E-state index contributed by atoms with van der Waals surface area (Å²) >= 11 is 0. The Kier molecular flexibility index (Phi) is 5.75. The van der Waals surface area contributed by atoms with Crippen LogP contribution in [0.15, 0.2) is 36.5 Å². The Balaban J connectivity index is 2.02. The minimum absolute atomic E-state index is 0.0357. The molecule has 0 bridgehead atoms. The highest BCUT2D eigenvalue weighted by molar-refractivity contribution is 6.07. The Morgan fingerprint density at radius 1 is 1.16 bits per heavy atom. The molecular weight excluding hydrogens is 413 g/mol. The van der Waals surface area contributed by atoms with E-state index in [1.807, 2.05) is 0 Å². The summed E-state index contributed by atoms with van der Waals surface area (Å²) in [6.07, 6.45) is -3.21. The van der Waals surface area contributed by atoms with Crippen molar-refractivity contribution in [3.8, 4) is 11.3 Å². The molecule has 0 saturated carbocycles. The van der Waals surface area contributed by atoms with Crippen LogP contribution in [0.25, 0.3) is 22.3 Å². The highest BCUT2D eigenvalue weighted by Crippen LogP contribution is 2.37. The van der Waals surface area contributed by atoms with E-state index in [1.165, 1.54) is 35.1 Å². The van der Waals surface area contributed by atoms with Gasteiger partial charge in [-0.05, 0) is 32.9 Å². The Bertz CT molecular complexity index is 1150. The standard InChI is InChI=1S/C21H21F3N4O3/c1-20(2,3)31-17(29)11-25-19(30)13-9-16(27-18-14(13)10-26-28(18)4)12-7-5-6-8-15(12)21(22,23)24/h5-10H,11H2,1-4H3,(H,25,30). The fraction of sp³-hybridized carbons (Fsp3) is 0.333. The number of benzene rings is 1. The topological polar surface area (TPSA) is 86.1 Å². The minimum Gasteiger partial charge on any atom is -0.459 e. The lowest BCUT2D eigenvalue weighted by molar-refractivity contribution is -0.153. The SMILES string of the molecule is Cn1ncc2c(C(=O)NCC(=O)OC(C)(C)C)cc(-c3ccccc3C(F)(F)F)nc21. The average Bonchev–Trinajstić information content (AvgIpc) is 3.04. The molecule has 2 heterocycles. The third kappa shape index (κ3) is 5.01. The van der Waals surface area contributed by atoms with Gasteiger partial charge < -0.3 is 10.1 Å².